The van der Waals surface area contributed by atoms with E-state index in [4.69, 9.17) is 4.74 Å². The minimum Gasteiger partial charge on any atom is -0.497 e. The first-order valence-corrected chi connectivity index (χ1v) is 10.7. The normalized spacial score (nSPS) is 22.2. The van der Waals surface area contributed by atoms with Gasteiger partial charge in [-0.3, -0.25) is 19.3 Å². The molecule has 0 bridgehead atoms. The topological polar surface area (TPSA) is 125 Å². The number of hydrogen-bond donors (Lipinski definition) is 3. The van der Waals surface area contributed by atoms with Gasteiger partial charge in [-0.1, -0.05) is 38.1 Å². The molecule has 0 fully saturated rings. The van der Waals surface area contributed by atoms with Crippen LogP contribution in [0, 0.1) is 5.92 Å². The molecule has 3 aliphatic rings. The molecule has 4 rings (SSSR count). The van der Waals surface area contributed by atoms with E-state index < -0.39 is 41.8 Å². The third-order valence-corrected chi connectivity index (χ3v) is 5.95. The molecule has 9 heteroatoms. The van der Waals surface area contributed by atoms with Gasteiger partial charge >= 0.3 is 5.97 Å². The van der Waals surface area contributed by atoms with Crippen LogP contribution in [0.5, 0.6) is 0 Å². The van der Waals surface area contributed by atoms with E-state index in [2.05, 4.69) is 10.6 Å². The molecule has 33 heavy (non-hydrogen) atoms. The first-order valence-electron chi connectivity index (χ1n) is 10.7. The maximum Gasteiger partial charge on any atom is 0.327 e. The third kappa shape index (κ3) is 4.13. The Balaban J connectivity index is 1.59. The fourth-order valence-electron chi connectivity index (χ4n) is 4.26. The summed E-state index contributed by atoms with van der Waals surface area (Å²) >= 11 is 0. The van der Waals surface area contributed by atoms with Gasteiger partial charge in [-0.25, -0.2) is 4.79 Å². The summed E-state index contributed by atoms with van der Waals surface area (Å²) in [4.78, 5) is 52.2. The van der Waals surface area contributed by atoms with Gasteiger partial charge < -0.3 is 20.5 Å². The number of carbonyl (C=O) groups excluding carboxylic acids is 3. The van der Waals surface area contributed by atoms with Gasteiger partial charge in [0.2, 0.25) is 5.91 Å². The summed E-state index contributed by atoms with van der Waals surface area (Å²) in [6.07, 6.45) is 5.08. The Morgan fingerprint density at radius 2 is 1.91 bits per heavy atom. The SMILES string of the molecule is CC(C)C(NC(=O)c1ccccc1)C(=O)N[C@@H]1C(=O)N2C3=C1COC=CC3=CC[C@H]2C(=O)O. The van der Waals surface area contributed by atoms with Crippen LogP contribution >= 0.6 is 0 Å². The van der Waals surface area contributed by atoms with Crippen molar-refractivity contribution < 1.29 is 29.0 Å². The predicted molar refractivity (Wildman–Crippen MR) is 118 cm³/mol. The summed E-state index contributed by atoms with van der Waals surface area (Å²) in [5.74, 6) is -2.84. The highest BCUT2D eigenvalue weighted by atomic mass is 16.5. The van der Waals surface area contributed by atoms with Crippen molar-refractivity contribution in [2.75, 3.05) is 6.61 Å². The average molecular weight is 451 g/mol. The second-order valence-electron chi connectivity index (χ2n) is 8.45. The van der Waals surface area contributed by atoms with Crippen molar-refractivity contribution in [3.05, 3.63) is 71.2 Å². The van der Waals surface area contributed by atoms with Gasteiger partial charge in [0, 0.05) is 11.1 Å². The molecule has 1 aromatic rings. The molecule has 3 amide bonds. The van der Waals surface area contributed by atoms with Gasteiger partial charge in [-0.2, -0.15) is 0 Å². The molecule has 3 heterocycles. The van der Waals surface area contributed by atoms with Crippen molar-refractivity contribution in [2.45, 2.75) is 38.4 Å². The van der Waals surface area contributed by atoms with E-state index in [9.17, 15) is 24.3 Å². The van der Waals surface area contributed by atoms with Crippen molar-refractivity contribution in [3.8, 4) is 0 Å². The Morgan fingerprint density at radius 1 is 1.18 bits per heavy atom. The number of rotatable bonds is 6. The summed E-state index contributed by atoms with van der Waals surface area (Å²) in [5.41, 5.74) is 2.06. The zero-order chi connectivity index (χ0) is 23.7. The Labute approximate surface area is 190 Å². The standard InChI is InChI=1S/C24H25N3O6/c1-13(2)18(25-21(28)15-6-4-3-5-7-15)22(29)26-19-16-12-33-11-10-14-8-9-17(24(31)32)27(20(14)16)23(19)30/h3-8,10-11,13,17-19H,9,12H2,1-2H3,(H,25,28)(H,26,29)(H,31,32)/t17-,18?,19-/m0/s1. The molecule has 3 atom stereocenters. The first-order chi connectivity index (χ1) is 15.8. The number of carboxylic acid groups (broad SMARTS) is 1. The maximum atomic E-state index is 13.3. The molecule has 0 aromatic heterocycles. The van der Waals surface area contributed by atoms with Gasteiger partial charge in [0.15, 0.2) is 0 Å². The number of carbonyl (C=O) groups is 4. The molecular weight excluding hydrogens is 426 g/mol. The third-order valence-electron chi connectivity index (χ3n) is 5.95. The Hall–Kier alpha value is -3.88. The van der Waals surface area contributed by atoms with Crippen LogP contribution in [0.1, 0.15) is 30.6 Å². The van der Waals surface area contributed by atoms with Crippen LogP contribution in [0.4, 0.5) is 0 Å². The summed E-state index contributed by atoms with van der Waals surface area (Å²) < 4.78 is 5.48. The number of amides is 3. The van der Waals surface area contributed by atoms with Crippen LogP contribution in [0.15, 0.2) is 65.6 Å². The lowest BCUT2D eigenvalue weighted by Gasteiger charge is -2.31. The minimum atomic E-state index is -1.12. The van der Waals surface area contributed by atoms with Crippen LogP contribution < -0.4 is 10.6 Å². The number of nitrogens with one attached hydrogen (secondary N) is 2. The van der Waals surface area contributed by atoms with Crippen molar-refractivity contribution in [1.82, 2.24) is 15.5 Å². The number of nitrogens with zero attached hydrogens (tertiary/aromatic N) is 1. The lowest BCUT2D eigenvalue weighted by Crippen LogP contribution is -2.55. The van der Waals surface area contributed by atoms with Crippen LogP contribution in [0.2, 0.25) is 0 Å². The Morgan fingerprint density at radius 3 is 2.58 bits per heavy atom. The monoisotopic (exact) mass is 451 g/mol. The molecule has 172 valence electrons. The zero-order valence-electron chi connectivity index (χ0n) is 18.3. The predicted octanol–water partition coefficient (Wildman–Crippen LogP) is 1.35. The molecule has 0 saturated carbocycles. The minimum absolute atomic E-state index is 0.0332. The summed E-state index contributed by atoms with van der Waals surface area (Å²) in [6.45, 7) is 3.61. The van der Waals surface area contributed by atoms with Gasteiger partial charge in [0.1, 0.15) is 24.7 Å². The van der Waals surface area contributed by atoms with E-state index in [1.165, 1.54) is 11.2 Å². The second-order valence-corrected chi connectivity index (χ2v) is 8.45. The van der Waals surface area contributed by atoms with E-state index in [-0.39, 0.29) is 18.9 Å². The lowest BCUT2D eigenvalue weighted by atomic mass is 9.98. The van der Waals surface area contributed by atoms with Gasteiger partial charge in [0.25, 0.3) is 11.8 Å². The second kappa shape index (κ2) is 8.93. The molecule has 0 spiro atoms. The molecule has 3 aliphatic heterocycles. The zero-order valence-corrected chi connectivity index (χ0v) is 18.3. The number of hydrogen-bond acceptors (Lipinski definition) is 5. The lowest BCUT2D eigenvalue weighted by molar-refractivity contribution is -0.148. The number of carboxylic acids is 1. The van der Waals surface area contributed by atoms with Gasteiger partial charge in [-0.05, 0) is 36.1 Å². The first kappa shape index (κ1) is 22.3. The quantitative estimate of drug-likeness (QED) is 0.600. The van der Waals surface area contributed by atoms with E-state index in [0.717, 1.165) is 0 Å². The number of benzene rings is 1. The highest BCUT2D eigenvalue weighted by Crippen LogP contribution is 2.38. The fourth-order valence-corrected chi connectivity index (χ4v) is 4.26. The van der Waals surface area contributed by atoms with E-state index in [0.29, 0.717) is 22.4 Å². The maximum absolute atomic E-state index is 13.3. The summed E-state index contributed by atoms with van der Waals surface area (Å²) in [7, 11) is 0. The van der Waals surface area contributed by atoms with Crippen LogP contribution in [0.3, 0.4) is 0 Å². The average Bonchev–Trinajstić information content (AvgIpc) is 2.94. The molecule has 0 saturated heterocycles. The Bertz CT molecular complexity index is 1090. The smallest absolute Gasteiger partial charge is 0.327 e. The number of ether oxygens (including phenoxy) is 1. The van der Waals surface area contributed by atoms with Crippen LogP contribution in [0.25, 0.3) is 0 Å². The molecule has 9 nitrogen and oxygen atoms in total. The van der Waals surface area contributed by atoms with E-state index >= 15 is 0 Å². The van der Waals surface area contributed by atoms with Gasteiger partial charge in [-0.15, -0.1) is 0 Å². The molecular formula is C24H25N3O6. The van der Waals surface area contributed by atoms with E-state index in [1.807, 2.05) is 0 Å². The van der Waals surface area contributed by atoms with Crippen LogP contribution in [-0.4, -0.2) is 58.4 Å². The van der Waals surface area contributed by atoms with Crippen molar-refractivity contribution in [2.24, 2.45) is 5.92 Å². The number of allylic oxidation sites excluding steroid dienone is 1. The summed E-state index contributed by atoms with van der Waals surface area (Å²) in [5, 5.41) is 15.1. The molecule has 3 N–H and O–H groups in total. The fraction of sp³-hybridized carbons (Fsp3) is 0.333. The van der Waals surface area contributed by atoms with Crippen molar-refractivity contribution in [3.63, 3.8) is 0 Å². The molecule has 0 aliphatic carbocycles. The molecule has 0 radical (unpaired) electrons. The molecule has 1 aromatic carbocycles. The largest absolute Gasteiger partial charge is 0.497 e. The van der Waals surface area contributed by atoms with Crippen molar-refractivity contribution >= 4 is 23.7 Å². The molecule has 1 unspecified atom stereocenters. The van der Waals surface area contributed by atoms with Crippen LogP contribution in [-0.2, 0) is 19.1 Å². The highest BCUT2D eigenvalue weighted by molar-refractivity contribution is 6.01. The highest BCUT2D eigenvalue weighted by Gasteiger charge is 2.48. The van der Waals surface area contributed by atoms with Crippen molar-refractivity contribution in [1.29, 1.82) is 0 Å². The van der Waals surface area contributed by atoms with E-state index in [1.54, 1.807) is 56.3 Å². The number of aliphatic carboxylic acids is 1. The Kier molecular flexibility index (Phi) is 6.04. The van der Waals surface area contributed by atoms with Gasteiger partial charge in [0.05, 0.1) is 12.0 Å². The summed E-state index contributed by atoms with van der Waals surface area (Å²) in [6, 6.07) is 5.49.